The van der Waals surface area contributed by atoms with E-state index in [-0.39, 0.29) is 0 Å². The van der Waals surface area contributed by atoms with E-state index < -0.39 is 6.23 Å². The van der Waals surface area contributed by atoms with Crippen molar-refractivity contribution >= 4 is 5.69 Å². The van der Waals surface area contributed by atoms with Crippen LogP contribution in [0.25, 0.3) is 10.4 Å². The zero-order chi connectivity index (χ0) is 9.97. The van der Waals surface area contributed by atoms with Crippen molar-refractivity contribution in [3.63, 3.8) is 0 Å². The number of hydroxylamine groups is 1. The third kappa shape index (κ3) is 1.28. The van der Waals surface area contributed by atoms with Crippen LogP contribution in [-0.2, 0) is 4.84 Å². The molecular formula is C9H10N4O. The number of hydrogen-bond acceptors (Lipinski definition) is 3. The number of benzene rings is 1. The summed E-state index contributed by atoms with van der Waals surface area (Å²) in [6.45, 7) is 2.71. The molecule has 0 spiro atoms. The Morgan fingerprint density at radius 3 is 3.07 bits per heavy atom. The van der Waals surface area contributed by atoms with Gasteiger partial charge in [0.25, 0.3) is 0 Å². The average molecular weight is 190 g/mol. The monoisotopic (exact) mass is 190 g/mol. The van der Waals surface area contributed by atoms with Crippen molar-refractivity contribution in [3.05, 3.63) is 40.3 Å². The Labute approximate surface area is 81.5 Å². The summed E-state index contributed by atoms with van der Waals surface area (Å²) in [6.07, 6.45) is -0.517. The summed E-state index contributed by atoms with van der Waals surface area (Å²) < 4.78 is 0. The molecule has 1 aromatic rings. The highest BCUT2D eigenvalue weighted by Crippen LogP contribution is 2.37. The van der Waals surface area contributed by atoms with Crippen LogP contribution in [0.3, 0.4) is 0 Å². The Morgan fingerprint density at radius 2 is 2.36 bits per heavy atom. The van der Waals surface area contributed by atoms with Crippen LogP contribution in [0.15, 0.2) is 29.4 Å². The summed E-state index contributed by atoms with van der Waals surface area (Å²) in [7, 11) is 0. The predicted molar refractivity (Wildman–Crippen MR) is 52.4 cm³/mol. The molecule has 0 bridgehead atoms. The molecule has 5 nitrogen and oxygen atoms in total. The van der Waals surface area contributed by atoms with Crippen LogP contribution in [0.2, 0.25) is 0 Å². The van der Waals surface area contributed by atoms with Gasteiger partial charge in [0.1, 0.15) is 0 Å². The van der Waals surface area contributed by atoms with Gasteiger partial charge in [-0.15, -0.1) is 0 Å². The van der Waals surface area contributed by atoms with Crippen molar-refractivity contribution in [2.24, 2.45) is 5.11 Å². The molecule has 5 heteroatoms. The first-order valence-electron chi connectivity index (χ1n) is 4.44. The largest absolute Gasteiger partial charge is 0.259 e. The van der Waals surface area contributed by atoms with Gasteiger partial charge in [0.15, 0.2) is 6.23 Å². The molecule has 0 amide bonds. The van der Waals surface area contributed by atoms with Crippen LogP contribution in [0, 0.1) is 0 Å². The minimum atomic E-state index is -0.517. The number of azide groups is 1. The zero-order valence-electron chi connectivity index (χ0n) is 7.79. The molecule has 1 aromatic carbocycles. The van der Waals surface area contributed by atoms with Gasteiger partial charge in [-0.05, 0) is 18.5 Å². The van der Waals surface area contributed by atoms with Crippen LogP contribution in [-0.4, -0.2) is 6.54 Å². The Hall–Kier alpha value is -1.71. The third-order valence-corrected chi connectivity index (χ3v) is 2.14. The number of rotatable bonds is 2. The molecule has 0 radical (unpaired) electrons. The van der Waals surface area contributed by atoms with Crippen molar-refractivity contribution in [2.45, 2.75) is 13.2 Å². The van der Waals surface area contributed by atoms with E-state index in [0.717, 1.165) is 17.8 Å². The lowest BCUT2D eigenvalue weighted by Crippen LogP contribution is -2.17. The number of fused-ring (bicyclic) bond motifs is 1. The Balaban J connectivity index is 2.42. The first-order chi connectivity index (χ1) is 6.86. The maximum atomic E-state index is 8.37. The fourth-order valence-corrected chi connectivity index (χ4v) is 1.53. The normalized spacial score (nSPS) is 18.9. The minimum absolute atomic E-state index is 0.517. The lowest BCUT2D eigenvalue weighted by atomic mass is 10.1. The second-order valence-electron chi connectivity index (χ2n) is 2.92. The molecular weight excluding hydrogens is 180 g/mol. The Morgan fingerprint density at radius 1 is 1.57 bits per heavy atom. The number of hydrogen-bond donors (Lipinski definition) is 0. The summed E-state index contributed by atoms with van der Waals surface area (Å²) in [5.74, 6) is 0. The van der Waals surface area contributed by atoms with Crippen LogP contribution < -0.4 is 5.06 Å². The fourth-order valence-electron chi connectivity index (χ4n) is 1.53. The van der Waals surface area contributed by atoms with Crippen LogP contribution in [0.5, 0.6) is 0 Å². The summed E-state index contributed by atoms with van der Waals surface area (Å²) in [4.78, 5) is 8.19. The third-order valence-electron chi connectivity index (χ3n) is 2.14. The summed E-state index contributed by atoms with van der Waals surface area (Å²) in [5.41, 5.74) is 10.3. The maximum absolute atomic E-state index is 8.37. The van der Waals surface area contributed by atoms with Gasteiger partial charge in [-0.25, -0.2) is 0 Å². The molecule has 72 valence electrons. The Bertz CT molecular complexity index is 386. The SMILES string of the molecule is CCN1OC(N=[N+]=[N-])c2ccccc21. The summed E-state index contributed by atoms with van der Waals surface area (Å²) >= 11 is 0. The molecule has 0 aliphatic carbocycles. The highest BCUT2D eigenvalue weighted by atomic mass is 16.7. The first-order valence-corrected chi connectivity index (χ1v) is 4.44. The van der Waals surface area contributed by atoms with E-state index in [1.807, 2.05) is 31.2 Å². The number of nitrogens with zero attached hydrogens (tertiary/aromatic N) is 4. The van der Waals surface area contributed by atoms with E-state index in [4.69, 9.17) is 10.4 Å². The van der Waals surface area contributed by atoms with Crippen LogP contribution in [0.4, 0.5) is 5.69 Å². The number of para-hydroxylation sites is 1. The highest BCUT2D eigenvalue weighted by molar-refractivity contribution is 5.55. The van der Waals surface area contributed by atoms with E-state index in [9.17, 15) is 0 Å². The number of anilines is 1. The van der Waals surface area contributed by atoms with Crippen LogP contribution in [0.1, 0.15) is 18.7 Å². The zero-order valence-corrected chi connectivity index (χ0v) is 7.79. The van der Waals surface area contributed by atoms with Gasteiger partial charge in [-0.2, -0.15) is 0 Å². The van der Waals surface area contributed by atoms with E-state index in [1.54, 1.807) is 5.06 Å². The van der Waals surface area contributed by atoms with Gasteiger partial charge >= 0.3 is 0 Å². The van der Waals surface area contributed by atoms with Gasteiger partial charge in [-0.3, -0.25) is 9.90 Å². The smallest absolute Gasteiger partial charge is 0.191 e. The molecule has 0 N–H and O–H groups in total. The van der Waals surface area contributed by atoms with Crippen molar-refractivity contribution in [1.82, 2.24) is 0 Å². The van der Waals surface area contributed by atoms with E-state index in [0.29, 0.717) is 0 Å². The van der Waals surface area contributed by atoms with Crippen molar-refractivity contribution in [2.75, 3.05) is 11.6 Å². The maximum Gasteiger partial charge on any atom is 0.191 e. The van der Waals surface area contributed by atoms with E-state index >= 15 is 0 Å². The molecule has 1 atom stereocenters. The molecule has 1 aliphatic heterocycles. The molecule has 2 rings (SSSR count). The van der Waals surface area contributed by atoms with Gasteiger partial charge in [0.05, 0.1) is 5.69 Å². The second kappa shape index (κ2) is 3.57. The molecule has 14 heavy (non-hydrogen) atoms. The van der Waals surface area contributed by atoms with Gasteiger partial charge in [0, 0.05) is 17.0 Å². The van der Waals surface area contributed by atoms with E-state index in [1.165, 1.54) is 0 Å². The lowest BCUT2D eigenvalue weighted by Gasteiger charge is -2.14. The molecule has 0 fully saturated rings. The lowest BCUT2D eigenvalue weighted by molar-refractivity contribution is 0.0606. The summed E-state index contributed by atoms with van der Waals surface area (Å²) in [6, 6.07) is 7.70. The van der Waals surface area contributed by atoms with Crippen molar-refractivity contribution < 1.29 is 4.84 Å². The van der Waals surface area contributed by atoms with E-state index in [2.05, 4.69) is 10.0 Å². The minimum Gasteiger partial charge on any atom is -0.259 e. The standard InChI is InChI=1S/C9H10N4O/c1-2-13-8-6-4-3-5-7(8)9(14-13)11-12-10/h3-6,9H,2H2,1H3. The molecule has 0 aromatic heterocycles. The summed E-state index contributed by atoms with van der Waals surface area (Å²) in [5, 5.41) is 5.31. The second-order valence-corrected chi connectivity index (χ2v) is 2.92. The molecule has 1 heterocycles. The molecule has 1 aliphatic rings. The topological polar surface area (TPSA) is 61.2 Å². The average Bonchev–Trinajstić information content (AvgIpc) is 2.58. The van der Waals surface area contributed by atoms with Crippen molar-refractivity contribution in [3.8, 4) is 0 Å². The highest BCUT2D eigenvalue weighted by Gasteiger charge is 2.27. The van der Waals surface area contributed by atoms with Gasteiger partial charge in [-0.1, -0.05) is 23.3 Å². The van der Waals surface area contributed by atoms with Gasteiger partial charge in [0.2, 0.25) is 0 Å². The fraction of sp³-hybridized carbons (Fsp3) is 0.333. The quantitative estimate of drug-likeness (QED) is 0.409. The molecule has 0 saturated carbocycles. The Kier molecular flexibility index (Phi) is 2.26. The first kappa shape index (κ1) is 8.87. The predicted octanol–water partition coefficient (Wildman–Crippen LogP) is 2.77. The van der Waals surface area contributed by atoms with Crippen molar-refractivity contribution in [1.29, 1.82) is 0 Å². The molecule has 1 unspecified atom stereocenters. The molecule has 0 saturated heterocycles. The van der Waals surface area contributed by atoms with Crippen LogP contribution >= 0.6 is 0 Å². The van der Waals surface area contributed by atoms with Gasteiger partial charge < -0.3 is 0 Å².